The molecule has 0 aromatic carbocycles. The Morgan fingerprint density at radius 1 is 0.818 bits per heavy atom. The molecule has 2 aromatic heterocycles. The maximum absolute atomic E-state index is 6.18. The minimum absolute atomic E-state index is 0.227. The molecule has 2 heterocycles. The van der Waals surface area contributed by atoms with E-state index >= 15 is 0 Å². The van der Waals surface area contributed by atoms with E-state index in [9.17, 15) is 0 Å². The molecule has 0 bridgehead atoms. The predicted molar refractivity (Wildman–Crippen MR) is 83.0 cm³/mol. The van der Waals surface area contributed by atoms with Crippen LogP contribution in [0.5, 0.6) is 0 Å². The van der Waals surface area contributed by atoms with E-state index in [-0.39, 0.29) is 5.92 Å². The summed E-state index contributed by atoms with van der Waals surface area (Å²) in [7, 11) is 0. The third-order valence-electron chi connectivity index (χ3n) is 7.00. The standard InChI is InChI=1S/C20H22O2/c1-12(15-2-4-17(21-15)13-10-19(13)6-7-19)16-3-5-18(22-16)14-11-20(14)8-9-20/h2-5,12-14H,6-11H2,1H3/t13-,14-/m1/s1. The van der Waals surface area contributed by atoms with Gasteiger partial charge in [-0.1, -0.05) is 0 Å². The summed E-state index contributed by atoms with van der Waals surface area (Å²) < 4.78 is 12.4. The van der Waals surface area contributed by atoms with Crippen molar-refractivity contribution in [2.24, 2.45) is 10.8 Å². The smallest absolute Gasteiger partial charge is 0.114 e. The second-order valence-electron chi connectivity index (χ2n) is 8.44. The fraction of sp³-hybridized carbons (Fsp3) is 0.600. The number of hydrogen-bond donors (Lipinski definition) is 0. The maximum Gasteiger partial charge on any atom is 0.114 e. The summed E-state index contributed by atoms with van der Waals surface area (Å²) >= 11 is 0. The Balaban J connectivity index is 1.23. The highest BCUT2D eigenvalue weighted by atomic mass is 16.4. The summed E-state index contributed by atoms with van der Waals surface area (Å²) in [4.78, 5) is 0. The van der Waals surface area contributed by atoms with Gasteiger partial charge in [0.05, 0.1) is 5.92 Å². The van der Waals surface area contributed by atoms with Gasteiger partial charge in [-0.25, -0.2) is 0 Å². The molecule has 2 heteroatoms. The number of rotatable bonds is 4. The van der Waals surface area contributed by atoms with E-state index in [1.165, 1.54) is 50.0 Å². The fourth-order valence-corrected chi connectivity index (χ4v) is 4.64. The normalized spacial score (nSPS) is 31.9. The minimum atomic E-state index is 0.227. The van der Waals surface area contributed by atoms with E-state index in [1.54, 1.807) is 0 Å². The second kappa shape index (κ2) is 3.55. The van der Waals surface area contributed by atoms with Gasteiger partial charge >= 0.3 is 0 Å². The molecule has 114 valence electrons. The van der Waals surface area contributed by atoms with Crippen LogP contribution in [0.3, 0.4) is 0 Å². The first kappa shape index (κ1) is 12.0. The number of hydrogen-bond acceptors (Lipinski definition) is 2. The Kier molecular flexibility index (Phi) is 1.94. The Bertz CT molecular complexity index is 692. The molecule has 0 amide bonds. The van der Waals surface area contributed by atoms with Crippen LogP contribution in [-0.4, -0.2) is 0 Å². The van der Waals surface area contributed by atoms with Crippen LogP contribution in [0, 0.1) is 10.8 Å². The quantitative estimate of drug-likeness (QED) is 0.738. The third kappa shape index (κ3) is 1.56. The van der Waals surface area contributed by atoms with Crippen LogP contribution in [0.15, 0.2) is 33.1 Å². The van der Waals surface area contributed by atoms with Crippen molar-refractivity contribution in [2.45, 2.75) is 63.2 Å². The SMILES string of the molecule is CC(c1ccc([C@H]2CC23CC3)o1)c1ccc([C@H]2CC23CC3)o1. The first-order valence-electron chi connectivity index (χ1n) is 8.89. The van der Waals surface area contributed by atoms with Crippen molar-refractivity contribution < 1.29 is 8.83 Å². The zero-order chi connectivity index (χ0) is 14.5. The summed E-state index contributed by atoms with van der Waals surface area (Å²) in [5, 5.41) is 0. The average molecular weight is 294 g/mol. The van der Waals surface area contributed by atoms with Crippen LogP contribution < -0.4 is 0 Å². The predicted octanol–water partition coefficient (Wildman–Crippen LogP) is 5.56. The molecular weight excluding hydrogens is 272 g/mol. The molecule has 0 aliphatic heterocycles. The summed E-state index contributed by atoms with van der Waals surface area (Å²) in [6, 6.07) is 8.73. The zero-order valence-electron chi connectivity index (χ0n) is 13.1. The highest BCUT2D eigenvalue weighted by molar-refractivity contribution is 5.32. The van der Waals surface area contributed by atoms with E-state index in [2.05, 4.69) is 31.2 Å². The van der Waals surface area contributed by atoms with Crippen LogP contribution in [0.1, 0.15) is 86.2 Å². The van der Waals surface area contributed by atoms with Gasteiger partial charge < -0.3 is 8.83 Å². The van der Waals surface area contributed by atoms with Crippen LogP contribution >= 0.6 is 0 Å². The van der Waals surface area contributed by atoms with E-state index in [0.29, 0.717) is 22.7 Å². The van der Waals surface area contributed by atoms with Gasteiger partial charge in [-0.3, -0.25) is 0 Å². The van der Waals surface area contributed by atoms with Crippen molar-refractivity contribution >= 4 is 0 Å². The van der Waals surface area contributed by atoms with E-state index in [4.69, 9.17) is 8.83 Å². The lowest BCUT2D eigenvalue weighted by Crippen LogP contribution is -1.91. The van der Waals surface area contributed by atoms with Crippen molar-refractivity contribution in [2.75, 3.05) is 0 Å². The van der Waals surface area contributed by atoms with Crippen molar-refractivity contribution in [3.63, 3.8) is 0 Å². The molecule has 22 heavy (non-hydrogen) atoms. The van der Waals surface area contributed by atoms with Gasteiger partial charge in [0.15, 0.2) is 0 Å². The molecular formula is C20H22O2. The van der Waals surface area contributed by atoms with Crippen LogP contribution in [0.2, 0.25) is 0 Å². The molecule has 2 atom stereocenters. The molecule has 4 fully saturated rings. The van der Waals surface area contributed by atoms with Crippen molar-refractivity contribution in [3.05, 3.63) is 47.3 Å². The third-order valence-corrected chi connectivity index (χ3v) is 7.00. The molecule has 0 radical (unpaired) electrons. The molecule has 2 spiro atoms. The topological polar surface area (TPSA) is 26.3 Å². The molecule has 4 aliphatic carbocycles. The second-order valence-corrected chi connectivity index (χ2v) is 8.44. The van der Waals surface area contributed by atoms with Crippen molar-refractivity contribution in [1.82, 2.24) is 0 Å². The Morgan fingerprint density at radius 3 is 1.64 bits per heavy atom. The Hall–Kier alpha value is -1.44. The largest absolute Gasteiger partial charge is 0.465 e. The van der Waals surface area contributed by atoms with Crippen LogP contribution in [0.4, 0.5) is 0 Å². The average Bonchev–Trinajstić information content (AvgIpc) is 3.52. The van der Waals surface area contributed by atoms with E-state index in [1.807, 2.05) is 0 Å². The highest BCUT2D eigenvalue weighted by Gasteiger charge is 2.65. The van der Waals surface area contributed by atoms with Gasteiger partial charge in [0.25, 0.3) is 0 Å². The number of furan rings is 2. The molecule has 6 rings (SSSR count). The van der Waals surface area contributed by atoms with Gasteiger partial charge in [0.1, 0.15) is 23.0 Å². The molecule has 0 N–H and O–H groups in total. The summed E-state index contributed by atoms with van der Waals surface area (Å²) in [5.74, 6) is 6.20. The molecule has 0 unspecified atom stereocenters. The van der Waals surface area contributed by atoms with Crippen molar-refractivity contribution in [1.29, 1.82) is 0 Å². The van der Waals surface area contributed by atoms with Gasteiger partial charge in [-0.2, -0.15) is 0 Å². The lowest BCUT2D eigenvalue weighted by Gasteiger charge is -2.05. The summed E-state index contributed by atoms with van der Waals surface area (Å²) in [5.41, 5.74) is 1.33. The molecule has 0 saturated heterocycles. The molecule has 2 nitrogen and oxygen atoms in total. The van der Waals surface area contributed by atoms with Crippen LogP contribution in [-0.2, 0) is 0 Å². The lowest BCUT2D eigenvalue weighted by molar-refractivity contribution is 0.401. The Morgan fingerprint density at radius 2 is 1.27 bits per heavy atom. The van der Waals surface area contributed by atoms with Crippen LogP contribution in [0.25, 0.3) is 0 Å². The summed E-state index contributed by atoms with van der Waals surface area (Å²) in [6.45, 7) is 2.20. The fourth-order valence-electron chi connectivity index (χ4n) is 4.64. The van der Waals surface area contributed by atoms with E-state index in [0.717, 1.165) is 11.5 Å². The van der Waals surface area contributed by atoms with Gasteiger partial charge in [0, 0.05) is 11.8 Å². The molecule has 4 aliphatic rings. The van der Waals surface area contributed by atoms with Gasteiger partial charge in [-0.15, -0.1) is 0 Å². The van der Waals surface area contributed by atoms with Gasteiger partial charge in [0.2, 0.25) is 0 Å². The summed E-state index contributed by atoms with van der Waals surface area (Å²) in [6.07, 6.45) is 8.34. The zero-order valence-corrected chi connectivity index (χ0v) is 13.1. The minimum Gasteiger partial charge on any atom is -0.465 e. The lowest BCUT2D eigenvalue weighted by atomic mass is 10.1. The first-order valence-corrected chi connectivity index (χ1v) is 8.89. The van der Waals surface area contributed by atoms with Crippen molar-refractivity contribution in [3.8, 4) is 0 Å². The van der Waals surface area contributed by atoms with E-state index < -0.39 is 0 Å². The monoisotopic (exact) mass is 294 g/mol. The maximum atomic E-state index is 6.18. The van der Waals surface area contributed by atoms with Gasteiger partial charge in [-0.05, 0) is 80.5 Å². The highest BCUT2D eigenvalue weighted by Crippen LogP contribution is 2.75. The first-order chi connectivity index (χ1) is 10.7. The molecule has 2 aromatic rings. The Labute approximate surface area is 130 Å². The molecule has 4 saturated carbocycles.